The van der Waals surface area contributed by atoms with Crippen LogP contribution >= 0.6 is 0 Å². The van der Waals surface area contributed by atoms with Gasteiger partial charge in [-0.2, -0.15) is 13.2 Å². The highest BCUT2D eigenvalue weighted by atomic mass is 19.4. The van der Waals surface area contributed by atoms with Gasteiger partial charge in [-0.1, -0.05) is 0 Å². The van der Waals surface area contributed by atoms with Crippen molar-refractivity contribution in [3.05, 3.63) is 23.7 Å². The monoisotopic (exact) mass is 439 g/mol. The number of nitrogens with one attached hydrogen (secondary N) is 1. The standard InChI is InChI=1S/C18H20F3N7O3/c19-18(20,21)14-10(7-24-16(22)27-14)11-5-12(13-9(8-29)6-23-15(13)30)26-17(25-11)28-1-3-31-4-2-28/h5,7,9,13,29H,1-4,6,8H2,(H,23,30)(H2,22,24,27)/t9?,13-/m0/s1. The van der Waals surface area contributed by atoms with Crippen LogP contribution in [0.3, 0.4) is 0 Å². The Kier molecular flexibility index (Phi) is 5.62. The highest BCUT2D eigenvalue weighted by molar-refractivity contribution is 5.86. The van der Waals surface area contributed by atoms with Gasteiger partial charge < -0.3 is 25.8 Å². The normalized spacial score (nSPS) is 21.9. The van der Waals surface area contributed by atoms with Crippen LogP contribution in [0.15, 0.2) is 12.3 Å². The zero-order valence-electron chi connectivity index (χ0n) is 16.3. The largest absolute Gasteiger partial charge is 0.434 e. The van der Waals surface area contributed by atoms with Gasteiger partial charge in [-0.3, -0.25) is 4.79 Å². The molecule has 2 atom stereocenters. The number of hydrogen-bond donors (Lipinski definition) is 3. The van der Waals surface area contributed by atoms with Crippen molar-refractivity contribution in [1.82, 2.24) is 25.3 Å². The maximum Gasteiger partial charge on any atom is 0.434 e. The van der Waals surface area contributed by atoms with Crippen LogP contribution in [0.4, 0.5) is 25.1 Å². The topological polar surface area (TPSA) is 139 Å². The first-order valence-corrected chi connectivity index (χ1v) is 9.58. The van der Waals surface area contributed by atoms with E-state index in [1.54, 1.807) is 4.90 Å². The summed E-state index contributed by atoms with van der Waals surface area (Å²) in [4.78, 5) is 30.0. The van der Waals surface area contributed by atoms with Crippen LogP contribution in [0.1, 0.15) is 17.3 Å². The molecule has 166 valence electrons. The number of rotatable bonds is 4. The summed E-state index contributed by atoms with van der Waals surface area (Å²) < 4.78 is 46.2. The molecule has 0 bridgehead atoms. The maximum absolute atomic E-state index is 13.6. The lowest BCUT2D eigenvalue weighted by Crippen LogP contribution is -2.37. The number of aliphatic hydroxyl groups is 1. The SMILES string of the molecule is Nc1ncc(-c2cc([C@H]3C(=O)NCC3CO)nc(N3CCOCC3)n2)c(C(F)(F)F)n1. The summed E-state index contributed by atoms with van der Waals surface area (Å²) in [6.07, 6.45) is -3.84. The zero-order valence-corrected chi connectivity index (χ0v) is 16.3. The molecule has 0 aromatic carbocycles. The Hall–Kier alpha value is -3.06. The Morgan fingerprint density at radius 3 is 2.68 bits per heavy atom. The van der Waals surface area contributed by atoms with E-state index in [4.69, 9.17) is 10.5 Å². The number of nitrogens with zero attached hydrogens (tertiary/aromatic N) is 5. The lowest BCUT2D eigenvalue weighted by atomic mass is 9.92. The number of halogens is 3. The maximum atomic E-state index is 13.6. The van der Waals surface area contributed by atoms with Gasteiger partial charge in [-0.25, -0.2) is 19.9 Å². The summed E-state index contributed by atoms with van der Waals surface area (Å²) in [5, 5.41) is 12.3. The number of nitrogen functional groups attached to an aromatic ring is 1. The van der Waals surface area contributed by atoms with Crippen LogP contribution in [0.2, 0.25) is 0 Å². The van der Waals surface area contributed by atoms with Gasteiger partial charge in [0.1, 0.15) is 0 Å². The number of ether oxygens (including phenoxy) is 1. The number of nitrogens with two attached hydrogens (primary N) is 1. The van der Waals surface area contributed by atoms with E-state index < -0.39 is 29.7 Å². The van der Waals surface area contributed by atoms with Crippen LogP contribution < -0.4 is 16.0 Å². The second kappa shape index (κ2) is 8.23. The zero-order chi connectivity index (χ0) is 22.2. The molecule has 10 nitrogen and oxygen atoms in total. The molecule has 0 spiro atoms. The first-order chi connectivity index (χ1) is 14.8. The number of alkyl halides is 3. The molecule has 2 aromatic heterocycles. The Morgan fingerprint density at radius 1 is 1.26 bits per heavy atom. The molecule has 2 saturated heterocycles. The highest BCUT2D eigenvalue weighted by Crippen LogP contribution is 2.37. The molecule has 0 radical (unpaired) electrons. The van der Waals surface area contributed by atoms with Gasteiger partial charge in [0.15, 0.2) is 5.69 Å². The van der Waals surface area contributed by atoms with Crippen LogP contribution in [0.5, 0.6) is 0 Å². The van der Waals surface area contributed by atoms with Gasteiger partial charge in [0.05, 0.1) is 30.5 Å². The summed E-state index contributed by atoms with van der Waals surface area (Å²) >= 11 is 0. The van der Waals surface area contributed by atoms with Gasteiger partial charge in [0, 0.05) is 43.9 Å². The number of carbonyl (C=O) groups excluding carboxylic acids is 1. The molecule has 2 aliphatic heterocycles. The Bertz CT molecular complexity index is 982. The average molecular weight is 439 g/mol. The Labute approximate surface area is 174 Å². The summed E-state index contributed by atoms with van der Waals surface area (Å²) in [5.74, 6) is -2.00. The minimum atomic E-state index is -4.80. The Balaban J connectivity index is 1.88. The summed E-state index contributed by atoms with van der Waals surface area (Å²) in [6, 6.07) is 1.31. The first kappa shape index (κ1) is 21.2. The van der Waals surface area contributed by atoms with E-state index >= 15 is 0 Å². The molecule has 0 saturated carbocycles. The van der Waals surface area contributed by atoms with E-state index in [2.05, 4.69) is 25.3 Å². The average Bonchev–Trinajstić information content (AvgIpc) is 3.14. The van der Waals surface area contributed by atoms with E-state index in [1.807, 2.05) is 0 Å². The molecule has 1 amide bonds. The molecule has 2 fully saturated rings. The van der Waals surface area contributed by atoms with Crippen molar-refractivity contribution >= 4 is 17.8 Å². The van der Waals surface area contributed by atoms with Crippen molar-refractivity contribution in [3.63, 3.8) is 0 Å². The quantitative estimate of drug-likeness (QED) is 0.609. The third-order valence-corrected chi connectivity index (χ3v) is 5.23. The molecule has 13 heteroatoms. The molecule has 2 aromatic rings. The fourth-order valence-electron chi connectivity index (χ4n) is 3.67. The lowest BCUT2D eigenvalue weighted by Gasteiger charge is -2.28. The molecule has 4 heterocycles. The lowest BCUT2D eigenvalue weighted by molar-refractivity contribution is -0.140. The molecular formula is C18H20F3N7O3. The third-order valence-electron chi connectivity index (χ3n) is 5.23. The highest BCUT2D eigenvalue weighted by Gasteiger charge is 2.39. The predicted octanol–water partition coefficient (Wildman–Crippen LogP) is 0.193. The minimum absolute atomic E-state index is 0.0878. The van der Waals surface area contributed by atoms with Gasteiger partial charge >= 0.3 is 6.18 Å². The first-order valence-electron chi connectivity index (χ1n) is 9.58. The second-order valence-corrected chi connectivity index (χ2v) is 7.23. The van der Waals surface area contributed by atoms with Crippen LogP contribution in [0, 0.1) is 5.92 Å². The van der Waals surface area contributed by atoms with Crippen molar-refractivity contribution < 1.29 is 27.8 Å². The molecule has 1 unspecified atom stereocenters. The number of morpholine rings is 1. The predicted molar refractivity (Wildman–Crippen MR) is 102 cm³/mol. The molecular weight excluding hydrogens is 419 g/mol. The molecule has 2 aliphatic rings. The van der Waals surface area contributed by atoms with Crippen LogP contribution in [-0.4, -0.2) is 70.4 Å². The van der Waals surface area contributed by atoms with Crippen molar-refractivity contribution in [2.75, 3.05) is 50.1 Å². The molecule has 31 heavy (non-hydrogen) atoms. The van der Waals surface area contributed by atoms with Crippen LogP contribution in [0.25, 0.3) is 11.3 Å². The van der Waals surface area contributed by atoms with Crippen molar-refractivity contribution in [1.29, 1.82) is 0 Å². The van der Waals surface area contributed by atoms with E-state index in [1.165, 1.54) is 6.07 Å². The summed E-state index contributed by atoms with van der Waals surface area (Å²) in [5.41, 5.74) is 3.90. The molecule has 4 rings (SSSR count). The summed E-state index contributed by atoms with van der Waals surface area (Å²) in [7, 11) is 0. The Morgan fingerprint density at radius 2 is 2.00 bits per heavy atom. The van der Waals surface area contributed by atoms with Crippen molar-refractivity contribution in [2.45, 2.75) is 12.1 Å². The van der Waals surface area contributed by atoms with Gasteiger partial charge in [-0.05, 0) is 6.07 Å². The number of amides is 1. The van der Waals surface area contributed by atoms with Gasteiger partial charge in [0.2, 0.25) is 17.8 Å². The van der Waals surface area contributed by atoms with E-state index in [0.29, 0.717) is 26.3 Å². The summed E-state index contributed by atoms with van der Waals surface area (Å²) in [6.45, 7) is 1.65. The van der Waals surface area contributed by atoms with Crippen molar-refractivity contribution in [3.8, 4) is 11.3 Å². The van der Waals surface area contributed by atoms with E-state index in [-0.39, 0.29) is 42.0 Å². The molecule has 0 aliphatic carbocycles. The minimum Gasteiger partial charge on any atom is -0.396 e. The fourth-order valence-corrected chi connectivity index (χ4v) is 3.67. The van der Waals surface area contributed by atoms with E-state index in [9.17, 15) is 23.1 Å². The third kappa shape index (κ3) is 4.23. The van der Waals surface area contributed by atoms with Crippen LogP contribution in [-0.2, 0) is 15.7 Å². The fraction of sp³-hybridized carbons (Fsp3) is 0.500. The number of aliphatic hydroxyl groups excluding tert-OH is 1. The smallest absolute Gasteiger partial charge is 0.396 e. The number of carbonyl (C=O) groups is 1. The number of hydrogen-bond acceptors (Lipinski definition) is 9. The second-order valence-electron chi connectivity index (χ2n) is 7.23. The van der Waals surface area contributed by atoms with E-state index in [0.717, 1.165) is 6.20 Å². The van der Waals surface area contributed by atoms with Gasteiger partial charge in [-0.15, -0.1) is 0 Å². The number of anilines is 2. The van der Waals surface area contributed by atoms with Gasteiger partial charge in [0.25, 0.3) is 0 Å². The molecule has 4 N–H and O–H groups in total. The van der Waals surface area contributed by atoms with Crippen molar-refractivity contribution in [2.24, 2.45) is 5.92 Å². The number of aromatic nitrogens is 4.